The third-order valence-corrected chi connectivity index (χ3v) is 4.75. The molecule has 0 spiro atoms. The smallest absolute Gasteiger partial charge is 0.287 e. The first-order valence-electron chi connectivity index (χ1n) is 8.39. The molecule has 0 saturated carbocycles. The summed E-state index contributed by atoms with van der Waals surface area (Å²) in [6.45, 7) is 4.83. The fourth-order valence-corrected chi connectivity index (χ4v) is 2.77. The Kier molecular flexibility index (Phi) is 6.08. The Labute approximate surface area is 167 Å². The van der Waals surface area contributed by atoms with Crippen LogP contribution in [0.15, 0.2) is 40.8 Å². The zero-order valence-electron chi connectivity index (χ0n) is 15.0. The van der Waals surface area contributed by atoms with Crippen LogP contribution in [0.1, 0.15) is 27.7 Å². The number of rotatable bonds is 7. The molecule has 1 aromatic carbocycles. The first kappa shape index (κ1) is 19.3. The summed E-state index contributed by atoms with van der Waals surface area (Å²) in [4.78, 5) is 12.2. The van der Waals surface area contributed by atoms with Crippen LogP contribution in [-0.2, 0) is 6.54 Å². The second-order valence-corrected chi connectivity index (χ2v) is 6.78. The summed E-state index contributed by atoms with van der Waals surface area (Å²) in [6.07, 6.45) is 0. The molecule has 2 aromatic heterocycles. The van der Waals surface area contributed by atoms with E-state index >= 15 is 0 Å². The molecule has 1 amide bonds. The second-order valence-electron chi connectivity index (χ2n) is 5.97. The number of carbonyl (C=O) groups is 1. The highest BCUT2D eigenvalue weighted by Crippen LogP contribution is 2.20. The van der Waals surface area contributed by atoms with Crippen molar-refractivity contribution >= 4 is 29.1 Å². The van der Waals surface area contributed by atoms with E-state index in [0.717, 1.165) is 11.4 Å². The maximum absolute atomic E-state index is 12.2. The summed E-state index contributed by atoms with van der Waals surface area (Å²) in [5, 5.41) is 8.39. The molecule has 6 nitrogen and oxygen atoms in total. The monoisotopic (exact) mass is 407 g/mol. The number of furan rings is 1. The first-order valence-corrected chi connectivity index (χ1v) is 9.14. The highest BCUT2D eigenvalue weighted by molar-refractivity contribution is 6.31. The van der Waals surface area contributed by atoms with Crippen LogP contribution in [0.5, 0.6) is 5.75 Å². The molecule has 0 bridgehead atoms. The Morgan fingerprint density at radius 3 is 2.59 bits per heavy atom. The van der Waals surface area contributed by atoms with Gasteiger partial charge in [-0.1, -0.05) is 23.2 Å². The van der Waals surface area contributed by atoms with Crippen LogP contribution in [0.4, 0.5) is 0 Å². The van der Waals surface area contributed by atoms with Crippen molar-refractivity contribution < 1.29 is 13.9 Å². The summed E-state index contributed by atoms with van der Waals surface area (Å²) in [6, 6.07) is 10.4. The van der Waals surface area contributed by atoms with Crippen molar-refractivity contribution in [2.75, 3.05) is 13.2 Å². The third kappa shape index (κ3) is 4.84. The molecule has 142 valence electrons. The molecule has 0 radical (unpaired) electrons. The van der Waals surface area contributed by atoms with Crippen molar-refractivity contribution in [2.45, 2.75) is 20.4 Å². The number of benzene rings is 1. The Morgan fingerprint density at radius 1 is 1.19 bits per heavy atom. The van der Waals surface area contributed by atoms with Crippen LogP contribution < -0.4 is 10.1 Å². The molecular formula is C19H19Cl2N3O3. The van der Waals surface area contributed by atoms with Crippen molar-refractivity contribution in [1.82, 2.24) is 15.1 Å². The fourth-order valence-electron chi connectivity index (χ4n) is 2.51. The Balaban J connectivity index is 1.49. The lowest BCUT2D eigenvalue weighted by molar-refractivity contribution is 0.0917. The van der Waals surface area contributed by atoms with Gasteiger partial charge in [0.25, 0.3) is 5.91 Å². The van der Waals surface area contributed by atoms with Gasteiger partial charge in [-0.25, -0.2) is 0 Å². The molecule has 0 atom stereocenters. The Morgan fingerprint density at radius 2 is 1.93 bits per heavy atom. The van der Waals surface area contributed by atoms with E-state index in [1.165, 1.54) is 0 Å². The Bertz CT molecular complexity index is 932. The van der Waals surface area contributed by atoms with Gasteiger partial charge in [-0.05, 0) is 50.2 Å². The fraction of sp³-hybridized carbons (Fsp3) is 0.263. The molecular weight excluding hydrogens is 389 g/mol. The number of amides is 1. The van der Waals surface area contributed by atoms with Gasteiger partial charge in [-0.2, -0.15) is 5.10 Å². The number of hydrogen-bond donors (Lipinski definition) is 1. The van der Waals surface area contributed by atoms with Crippen LogP contribution in [-0.4, -0.2) is 28.8 Å². The van der Waals surface area contributed by atoms with Crippen molar-refractivity contribution in [1.29, 1.82) is 0 Å². The van der Waals surface area contributed by atoms with Crippen LogP contribution in [0, 0.1) is 13.8 Å². The molecule has 2 heterocycles. The Hall–Kier alpha value is -2.44. The average molecular weight is 408 g/mol. The van der Waals surface area contributed by atoms with E-state index in [-0.39, 0.29) is 11.7 Å². The van der Waals surface area contributed by atoms with Crippen LogP contribution in [0.2, 0.25) is 10.0 Å². The number of nitrogens with one attached hydrogen (secondary N) is 1. The second kappa shape index (κ2) is 8.50. The zero-order valence-corrected chi connectivity index (χ0v) is 16.5. The molecule has 3 aromatic rings. The molecule has 3 rings (SSSR count). The van der Waals surface area contributed by atoms with E-state index < -0.39 is 0 Å². The van der Waals surface area contributed by atoms with Gasteiger partial charge in [0.15, 0.2) is 5.76 Å². The van der Waals surface area contributed by atoms with Crippen molar-refractivity contribution in [3.8, 4) is 5.75 Å². The molecule has 0 aliphatic heterocycles. The van der Waals surface area contributed by atoms with E-state index in [0.29, 0.717) is 41.3 Å². The zero-order chi connectivity index (χ0) is 19.4. The van der Waals surface area contributed by atoms with Gasteiger partial charge in [-0.3, -0.25) is 9.48 Å². The maximum Gasteiger partial charge on any atom is 0.287 e. The van der Waals surface area contributed by atoms with Gasteiger partial charge < -0.3 is 14.5 Å². The maximum atomic E-state index is 12.2. The van der Waals surface area contributed by atoms with Crippen LogP contribution in [0.25, 0.3) is 0 Å². The minimum atomic E-state index is -0.299. The summed E-state index contributed by atoms with van der Waals surface area (Å²) >= 11 is 12.0. The lowest BCUT2D eigenvalue weighted by Crippen LogP contribution is -2.27. The van der Waals surface area contributed by atoms with Crippen LogP contribution in [0.3, 0.4) is 0 Å². The first-order chi connectivity index (χ1) is 12.9. The van der Waals surface area contributed by atoms with Crippen molar-refractivity contribution in [3.05, 3.63) is 69.4 Å². The SMILES string of the molecule is Cc1nn(Cc2ccc(C(=O)NCCOc3ccc(Cl)cc3)o2)c(C)c1Cl. The predicted octanol–water partition coefficient (Wildman–Crippen LogP) is 4.26. The third-order valence-electron chi connectivity index (χ3n) is 3.95. The summed E-state index contributed by atoms with van der Waals surface area (Å²) in [7, 11) is 0. The standard InChI is InChI=1S/C19H19Cl2N3O3/c1-12-18(21)13(2)24(23-12)11-16-7-8-17(27-16)19(25)22-9-10-26-15-5-3-14(20)4-6-15/h3-8H,9-11H2,1-2H3,(H,22,25). The number of halogens is 2. The van der Waals surface area contributed by atoms with Gasteiger partial charge in [0.05, 0.1) is 29.5 Å². The number of aryl methyl sites for hydroxylation is 1. The molecule has 0 aliphatic rings. The summed E-state index contributed by atoms with van der Waals surface area (Å²) in [5.74, 6) is 1.26. The van der Waals surface area contributed by atoms with E-state index in [1.54, 1.807) is 41.1 Å². The number of aromatic nitrogens is 2. The highest BCUT2D eigenvalue weighted by Gasteiger charge is 2.14. The molecule has 0 saturated heterocycles. The number of carbonyl (C=O) groups excluding carboxylic acids is 1. The van der Waals surface area contributed by atoms with Gasteiger partial charge in [0.1, 0.15) is 18.1 Å². The number of hydrogen-bond acceptors (Lipinski definition) is 4. The number of ether oxygens (including phenoxy) is 1. The van der Waals surface area contributed by atoms with Gasteiger partial charge in [0, 0.05) is 5.02 Å². The van der Waals surface area contributed by atoms with Gasteiger partial charge >= 0.3 is 0 Å². The molecule has 8 heteroatoms. The lowest BCUT2D eigenvalue weighted by Gasteiger charge is -2.07. The molecule has 1 N–H and O–H groups in total. The minimum Gasteiger partial charge on any atom is -0.492 e. The predicted molar refractivity (Wildman–Crippen MR) is 104 cm³/mol. The van der Waals surface area contributed by atoms with E-state index in [2.05, 4.69) is 10.4 Å². The average Bonchev–Trinajstić information content (AvgIpc) is 3.21. The summed E-state index contributed by atoms with van der Waals surface area (Å²) in [5.41, 5.74) is 1.62. The molecule has 27 heavy (non-hydrogen) atoms. The largest absolute Gasteiger partial charge is 0.492 e. The summed E-state index contributed by atoms with van der Waals surface area (Å²) < 4.78 is 12.9. The van der Waals surface area contributed by atoms with Crippen molar-refractivity contribution in [2.24, 2.45) is 0 Å². The van der Waals surface area contributed by atoms with Gasteiger partial charge in [-0.15, -0.1) is 0 Å². The topological polar surface area (TPSA) is 69.3 Å². The quantitative estimate of drug-likeness (QED) is 0.594. The normalized spacial score (nSPS) is 10.8. The highest BCUT2D eigenvalue weighted by atomic mass is 35.5. The number of nitrogens with zero attached hydrogens (tertiary/aromatic N) is 2. The van der Waals surface area contributed by atoms with Crippen molar-refractivity contribution in [3.63, 3.8) is 0 Å². The van der Waals surface area contributed by atoms with E-state index in [1.807, 2.05) is 13.8 Å². The minimum absolute atomic E-state index is 0.240. The van der Waals surface area contributed by atoms with Crippen LogP contribution >= 0.6 is 23.2 Å². The molecule has 0 aliphatic carbocycles. The van der Waals surface area contributed by atoms with E-state index in [9.17, 15) is 4.79 Å². The molecule has 0 unspecified atom stereocenters. The van der Waals surface area contributed by atoms with E-state index in [4.69, 9.17) is 32.4 Å². The lowest BCUT2D eigenvalue weighted by atomic mass is 10.3. The van der Waals surface area contributed by atoms with Gasteiger partial charge in [0.2, 0.25) is 0 Å². The molecule has 0 fully saturated rings.